The topological polar surface area (TPSA) is 27.3 Å². The lowest BCUT2D eigenvalue weighted by Crippen LogP contribution is -2.47. The minimum atomic E-state index is 0.725. The molecule has 0 bridgehead atoms. The summed E-state index contributed by atoms with van der Waals surface area (Å²) in [4.78, 5) is 2.49. The van der Waals surface area contributed by atoms with Gasteiger partial charge < -0.3 is 15.5 Å². The van der Waals surface area contributed by atoms with E-state index in [4.69, 9.17) is 0 Å². The van der Waals surface area contributed by atoms with Crippen molar-refractivity contribution in [3.63, 3.8) is 0 Å². The predicted octanol–water partition coefficient (Wildman–Crippen LogP) is 0.526. The number of hydrogen-bond donors (Lipinski definition) is 2. The second-order valence-electron chi connectivity index (χ2n) is 5.23. The van der Waals surface area contributed by atoms with Crippen molar-refractivity contribution in [2.45, 2.75) is 25.3 Å². The Hall–Kier alpha value is -0.120. The van der Waals surface area contributed by atoms with Crippen LogP contribution in [0.5, 0.6) is 0 Å². The van der Waals surface area contributed by atoms with Gasteiger partial charge >= 0.3 is 0 Å². The van der Waals surface area contributed by atoms with Gasteiger partial charge in [0.1, 0.15) is 0 Å². The molecule has 15 heavy (non-hydrogen) atoms. The first kappa shape index (κ1) is 11.4. The van der Waals surface area contributed by atoms with Gasteiger partial charge in [0.15, 0.2) is 0 Å². The van der Waals surface area contributed by atoms with E-state index < -0.39 is 0 Å². The smallest absolute Gasteiger partial charge is 0.0145 e. The fraction of sp³-hybridized carbons (Fsp3) is 1.00. The Balaban J connectivity index is 1.92. The van der Waals surface area contributed by atoms with Gasteiger partial charge in [-0.3, -0.25) is 0 Å². The number of piperidine rings is 1. The van der Waals surface area contributed by atoms with Crippen molar-refractivity contribution in [3.05, 3.63) is 0 Å². The molecule has 2 aliphatic heterocycles. The van der Waals surface area contributed by atoms with Gasteiger partial charge in [-0.05, 0) is 64.8 Å². The first-order valence-corrected chi connectivity index (χ1v) is 6.38. The number of rotatable bonds is 3. The van der Waals surface area contributed by atoms with E-state index in [-0.39, 0.29) is 0 Å². The summed E-state index contributed by atoms with van der Waals surface area (Å²) < 4.78 is 0. The summed E-state index contributed by atoms with van der Waals surface area (Å²) >= 11 is 0. The van der Waals surface area contributed by atoms with Crippen LogP contribution < -0.4 is 10.6 Å². The summed E-state index contributed by atoms with van der Waals surface area (Å²) in [5.41, 5.74) is 0. The van der Waals surface area contributed by atoms with Crippen LogP contribution in [0.3, 0.4) is 0 Å². The number of hydrogen-bond acceptors (Lipinski definition) is 3. The van der Waals surface area contributed by atoms with E-state index in [1.807, 2.05) is 0 Å². The molecule has 2 aliphatic rings. The monoisotopic (exact) mass is 211 g/mol. The van der Waals surface area contributed by atoms with E-state index in [9.17, 15) is 0 Å². The van der Waals surface area contributed by atoms with Crippen LogP contribution in [0.25, 0.3) is 0 Å². The van der Waals surface area contributed by atoms with Crippen LogP contribution in [0.1, 0.15) is 19.3 Å². The Morgan fingerprint density at radius 1 is 1.33 bits per heavy atom. The lowest BCUT2D eigenvalue weighted by Gasteiger charge is -2.37. The highest BCUT2D eigenvalue weighted by Gasteiger charge is 2.32. The molecule has 0 aliphatic carbocycles. The summed E-state index contributed by atoms with van der Waals surface area (Å²) in [7, 11) is 4.39. The quantitative estimate of drug-likeness (QED) is 0.713. The molecular formula is C12H25N3. The van der Waals surface area contributed by atoms with Crippen LogP contribution in [0.2, 0.25) is 0 Å². The van der Waals surface area contributed by atoms with Gasteiger partial charge in [-0.1, -0.05) is 0 Å². The van der Waals surface area contributed by atoms with Crippen LogP contribution in [-0.4, -0.2) is 51.2 Å². The highest BCUT2D eigenvalue weighted by Crippen LogP contribution is 2.26. The third-order valence-electron chi connectivity index (χ3n) is 4.11. The molecule has 3 nitrogen and oxygen atoms in total. The summed E-state index contributed by atoms with van der Waals surface area (Å²) in [5, 5.41) is 7.05. The van der Waals surface area contributed by atoms with E-state index in [2.05, 4.69) is 29.6 Å². The molecule has 2 rings (SSSR count). The second-order valence-corrected chi connectivity index (χ2v) is 5.23. The molecular weight excluding hydrogens is 186 g/mol. The second kappa shape index (κ2) is 5.28. The van der Waals surface area contributed by atoms with Gasteiger partial charge in [-0.25, -0.2) is 0 Å². The molecule has 0 amide bonds. The summed E-state index contributed by atoms with van der Waals surface area (Å²) in [6, 6.07) is 0.725. The van der Waals surface area contributed by atoms with Crippen molar-refractivity contribution < 1.29 is 0 Å². The average molecular weight is 211 g/mol. The Morgan fingerprint density at radius 2 is 2.20 bits per heavy atom. The predicted molar refractivity (Wildman–Crippen MR) is 64.0 cm³/mol. The van der Waals surface area contributed by atoms with Crippen molar-refractivity contribution in [1.82, 2.24) is 15.5 Å². The highest BCUT2D eigenvalue weighted by molar-refractivity contribution is 4.89. The zero-order chi connectivity index (χ0) is 10.7. The van der Waals surface area contributed by atoms with Crippen molar-refractivity contribution in [2.75, 3.05) is 40.3 Å². The van der Waals surface area contributed by atoms with E-state index in [1.54, 1.807) is 0 Å². The van der Waals surface area contributed by atoms with E-state index in [0.717, 1.165) is 17.9 Å². The Morgan fingerprint density at radius 3 is 2.80 bits per heavy atom. The minimum absolute atomic E-state index is 0.725. The van der Waals surface area contributed by atoms with Gasteiger partial charge in [0.25, 0.3) is 0 Å². The molecule has 0 aromatic rings. The van der Waals surface area contributed by atoms with Gasteiger partial charge in [0, 0.05) is 12.6 Å². The number of likely N-dealkylation sites (tertiary alicyclic amines) is 1. The largest absolute Gasteiger partial charge is 0.316 e. The third-order valence-corrected chi connectivity index (χ3v) is 4.11. The van der Waals surface area contributed by atoms with E-state index in [0.29, 0.717) is 0 Å². The van der Waals surface area contributed by atoms with Gasteiger partial charge in [0.2, 0.25) is 0 Å². The molecule has 0 spiro atoms. The van der Waals surface area contributed by atoms with Crippen molar-refractivity contribution >= 4 is 0 Å². The van der Waals surface area contributed by atoms with Crippen LogP contribution in [0, 0.1) is 11.8 Å². The normalized spacial score (nSPS) is 35.6. The Kier molecular flexibility index (Phi) is 4.00. The molecule has 2 fully saturated rings. The molecule has 2 heterocycles. The van der Waals surface area contributed by atoms with Gasteiger partial charge in [0.05, 0.1) is 0 Å². The van der Waals surface area contributed by atoms with E-state index in [1.165, 1.54) is 45.4 Å². The minimum Gasteiger partial charge on any atom is -0.316 e. The van der Waals surface area contributed by atoms with Crippen LogP contribution >= 0.6 is 0 Å². The van der Waals surface area contributed by atoms with Crippen molar-refractivity contribution in [3.8, 4) is 0 Å². The maximum absolute atomic E-state index is 3.57. The average Bonchev–Trinajstić information content (AvgIpc) is 2.72. The van der Waals surface area contributed by atoms with Crippen LogP contribution in [-0.2, 0) is 0 Å². The standard InChI is InChI=1S/C12H25N3/c1-13-12(10-5-6-14-8-10)11-4-3-7-15(2)9-11/h10-14H,3-9H2,1-2H3. The fourth-order valence-electron chi connectivity index (χ4n) is 3.34. The maximum Gasteiger partial charge on any atom is 0.0145 e. The summed E-state index contributed by atoms with van der Waals surface area (Å²) in [6.07, 6.45) is 4.14. The maximum atomic E-state index is 3.57. The molecule has 3 atom stereocenters. The summed E-state index contributed by atoms with van der Waals surface area (Å²) in [5.74, 6) is 1.71. The Bertz CT molecular complexity index is 189. The molecule has 0 saturated carbocycles. The molecule has 0 aromatic carbocycles. The lowest BCUT2D eigenvalue weighted by atomic mass is 9.83. The van der Waals surface area contributed by atoms with E-state index >= 15 is 0 Å². The molecule has 2 N–H and O–H groups in total. The van der Waals surface area contributed by atoms with Crippen LogP contribution in [0.4, 0.5) is 0 Å². The molecule has 3 unspecified atom stereocenters. The van der Waals surface area contributed by atoms with Crippen molar-refractivity contribution in [2.24, 2.45) is 11.8 Å². The molecule has 88 valence electrons. The zero-order valence-electron chi connectivity index (χ0n) is 10.1. The SMILES string of the molecule is CNC(C1CCNC1)C1CCCN(C)C1. The molecule has 0 radical (unpaired) electrons. The van der Waals surface area contributed by atoms with Crippen molar-refractivity contribution in [1.29, 1.82) is 0 Å². The number of nitrogens with zero attached hydrogens (tertiary/aromatic N) is 1. The van der Waals surface area contributed by atoms with Gasteiger partial charge in [-0.15, -0.1) is 0 Å². The fourth-order valence-corrected chi connectivity index (χ4v) is 3.34. The number of nitrogens with one attached hydrogen (secondary N) is 2. The van der Waals surface area contributed by atoms with Crippen LogP contribution in [0.15, 0.2) is 0 Å². The zero-order valence-corrected chi connectivity index (χ0v) is 10.1. The first-order valence-electron chi connectivity index (χ1n) is 6.38. The Labute approximate surface area is 93.6 Å². The molecule has 0 aromatic heterocycles. The molecule has 3 heteroatoms. The first-order chi connectivity index (χ1) is 7.31. The highest BCUT2D eigenvalue weighted by atomic mass is 15.1. The third kappa shape index (κ3) is 2.71. The molecule has 2 saturated heterocycles. The van der Waals surface area contributed by atoms with Gasteiger partial charge in [-0.2, -0.15) is 0 Å². The lowest BCUT2D eigenvalue weighted by molar-refractivity contribution is 0.152. The summed E-state index contributed by atoms with van der Waals surface area (Å²) in [6.45, 7) is 5.00.